The van der Waals surface area contributed by atoms with Crippen LogP contribution in [0.3, 0.4) is 0 Å². The van der Waals surface area contributed by atoms with Crippen LogP contribution in [-0.2, 0) is 9.53 Å². The molecule has 2 rings (SSSR count). The molecular formula is C13H19ClN4O2. The van der Waals surface area contributed by atoms with Crippen LogP contribution in [0.5, 0.6) is 0 Å². The van der Waals surface area contributed by atoms with E-state index < -0.39 is 0 Å². The normalized spacial score (nSPS) is 16.1. The highest BCUT2D eigenvalue weighted by molar-refractivity contribution is 6.29. The molecule has 6 nitrogen and oxygen atoms in total. The monoisotopic (exact) mass is 298 g/mol. The number of nitrogens with one attached hydrogen (secondary N) is 2. The van der Waals surface area contributed by atoms with Crippen molar-refractivity contribution in [2.24, 2.45) is 0 Å². The molecule has 7 heteroatoms. The third kappa shape index (κ3) is 5.03. The lowest BCUT2D eigenvalue weighted by Crippen LogP contribution is -2.33. The van der Waals surface area contributed by atoms with Gasteiger partial charge in [0, 0.05) is 5.69 Å². The van der Waals surface area contributed by atoms with Crippen molar-refractivity contribution in [1.82, 2.24) is 15.3 Å². The van der Waals surface area contributed by atoms with Gasteiger partial charge in [-0.1, -0.05) is 11.6 Å². The first kappa shape index (κ1) is 15.2. The number of aromatic nitrogens is 2. The van der Waals surface area contributed by atoms with Crippen LogP contribution in [0.2, 0.25) is 5.15 Å². The molecule has 2 N–H and O–H groups in total. The molecule has 1 amide bonds. The van der Waals surface area contributed by atoms with Gasteiger partial charge in [-0.3, -0.25) is 10.1 Å². The summed E-state index contributed by atoms with van der Waals surface area (Å²) in [5.41, 5.74) is 0.714. The van der Waals surface area contributed by atoms with Crippen LogP contribution in [0, 0.1) is 6.92 Å². The number of carbonyl (C=O) groups is 1. The van der Waals surface area contributed by atoms with Gasteiger partial charge in [-0.15, -0.1) is 0 Å². The zero-order valence-electron chi connectivity index (χ0n) is 11.5. The van der Waals surface area contributed by atoms with Crippen LogP contribution < -0.4 is 10.6 Å². The fraction of sp³-hybridized carbons (Fsp3) is 0.615. The first-order valence-corrected chi connectivity index (χ1v) is 7.14. The Balaban J connectivity index is 1.72. The van der Waals surface area contributed by atoms with Gasteiger partial charge < -0.3 is 10.1 Å². The van der Waals surface area contributed by atoms with E-state index in [-0.39, 0.29) is 18.0 Å². The van der Waals surface area contributed by atoms with Crippen LogP contribution >= 0.6 is 11.6 Å². The van der Waals surface area contributed by atoms with E-state index in [0.717, 1.165) is 25.9 Å². The summed E-state index contributed by atoms with van der Waals surface area (Å²) >= 11 is 5.81. The summed E-state index contributed by atoms with van der Waals surface area (Å²) in [7, 11) is 0. The molecule has 0 aromatic carbocycles. The van der Waals surface area contributed by atoms with Crippen LogP contribution in [0.4, 0.5) is 5.95 Å². The van der Waals surface area contributed by atoms with E-state index >= 15 is 0 Å². The smallest absolute Gasteiger partial charge is 0.231 e. The van der Waals surface area contributed by atoms with Gasteiger partial charge in [0.1, 0.15) is 5.15 Å². The second kappa shape index (κ2) is 7.52. The molecule has 20 heavy (non-hydrogen) atoms. The van der Waals surface area contributed by atoms with E-state index in [1.807, 2.05) is 0 Å². The molecule has 110 valence electrons. The van der Waals surface area contributed by atoms with E-state index in [4.69, 9.17) is 16.3 Å². The number of rotatable bonds is 5. The van der Waals surface area contributed by atoms with E-state index in [0.29, 0.717) is 23.9 Å². The highest BCUT2D eigenvalue weighted by Crippen LogP contribution is 2.10. The highest BCUT2D eigenvalue weighted by atomic mass is 35.5. The minimum atomic E-state index is -0.166. The number of nitrogens with zero attached hydrogens (tertiary/aromatic N) is 2. The van der Waals surface area contributed by atoms with Crippen LogP contribution in [0.15, 0.2) is 6.07 Å². The molecule has 0 spiro atoms. The molecule has 2 heterocycles. The lowest BCUT2D eigenvalue weighted by molar-refractivity contribution is -0.117. The lowest BCUT2D eigenvalue weighted by atomic mass is 10.1. The van der Waals surface area contributed by atoms with Crippen molar-refractivity contribution in [1.29, 1.82) is 0 Å². The number of ether oxygens (including phenoxy) is 1. The Morgan fingerprint density at radius 1 is 1.50 bits per heavy atom. The first-order chi connectivity index (χ1) is 9.63. The number of aryl methyl sites for hydroxylation is 1. The number of piperidine rings is 1. The highest BCUT2D eigenvalue weighted by Gasteiger charge is 2.14. The fourth-order valence-electron chi connectivity index (χ4n) is 2.05. The minimum Gasteiger partial charge on any atom is -0.378 e. The largest absolute Gasteiger partial charge is 0.378 e. The Hall–Kier alpha value is -1.24. The summed E-state index contributed by atoms with van der Waals surface area (Å²) in [6, 6.07) is 1.64. The average Bonchev–Trinajstić information content (AvgIpc) is 2.38. The van der Waals surface area contributed by atoms with E-state index in [9.17, 15) is 4.79 Å². The summed E-state index contributed by atoms with van der Waals surface area (Å²) in [5.74, 6) is 0.0717. The maximum Gasteiger partial charge on any atom is 0.231 e. The van der Waals surface area contributed by atoms with Gasteiger partial charge >= 0.3 is 0 Å². The summed E-state index contributed by atoms with van der Waals surface area (Å²) in [4.78, 5) is 19.8. The lowest BCUT2D eigenvalue weighted by Gasteiger charge is -2.22. The van der Waals surface area contributed by atoms with Gasteiger partial charge in [0.05, 0.1) is 19.1 Å². The first-order valence-electron chi connectivity index (χ1n) is 6.77. The van der Waals surface area contributed by atoms with Gasteiger partial charge in [-0.05, 0) is 38.9 Å². The third-order valence-corrected chi connectivity index (χ3v) is 3.24. The van der Waals surface area contributed by atoms with Gasteiger partial charge in [0.2, 0.25) is 11.9 Å². The van der Waals surface area contributed by atoms with Crippen molar-refractivity contribution in [3.8, 4) is 0 Å². The zero-order chi connectivity index (χ0) is 14.4. The third-order valence-electron chi connectivity index (χ3n) is 3.04. The van der Waals surface area contributed by atoms with E-state index in [1.165, 1.54) is 0 Å². The molecule has 0 radical (unpaired) electrons. The second-order valence-electron chi connectivity index (χ2n) is 4.77. The fourth-order valence-corrected chi connectivity index (χ4v) is 2.29. The van der Waals surface area contributed by atoms with Crippen molar-refractivity contribution in [3.63, 3.8) is 0 Å². The van der Waals surface area contributed by atoms with Crippen molar-refractivity contribution >= 4 is 23.5 Å². The topological polar surface area (TPSA) is 76.1 Å². The summed E-state index contributed by atoms with van der Waals surface area (Å²) in [5, 5.41) is 6.21. The number of hydrogen-bond donors (Lipinski definition) is 2. The maximum absolute atomic E-state index is 11.8. The van der Waals surface area contributed by atoms with Gasteiger partial charge in [0.25, 0.3) is 0 Å². The zero-order valence-corrected chi connectivity index (χ0v) is 12.2. The maximum atomic E-state index is 11.8. The van der Waals surface area contributed by atoms with Gasteiger partial charge in [0.15, 0.2) is 0 Å². The summed E-state index contributed by atoms with van der Waals surface area (Å²) < 4.78 is 5.67. The van der Waals surface area contributed by atoms with Crippen molar-refractivity contribution < 1.29 is 9.53 Å². The van der Waals surface area contributed by atoms with Gasteiger partial charge in [-0.25, -0.2) is 9.97 Å². The van der Waals surface area contributed by atoms with Crippen LogP contribution in [-0.4, -0.2) is 41.7 Å². The standard InChI is InChI=1S/C13H19ClN4O2/c1-9-8-11(14)17-13(16-9)18-12(19)4-7-20-10-2-5-15-6-3-10/h8,10,15H,2-7H2,1H3,(H,16,17,18,19). The Bertz CT molecular complexity index is 443. The number of carbonyl (C=O) groups excluding carboxylic acids is 1. The molecular weight excluding hydrogens is 280 g/mol. The predicted molar refractivity (Wildman–Crippen MR) is 76.9 cm³/mol. The summed E-state index contributed by atoms with van der Waals surface area (Å²) in [6.07, 6.45) is 2.55. The molecule has 1 aliphatic heterocycles. The van der Waals surface area contributed by atoms with Gasteiger partial charge in [-0.2, -0.15) is 0 Å². The molecule has 0 unspecified atom stereocenters. The second-order valence-corrected chi connectivity index (χ2v) is 5.16. The molecule has 0 aliphatic carbocycles. The quantitative estimate of drug-likeness (QED) is 0.806. The molecule has 0 bridgehead atoms. The molecule has 0 atom stereocenters. The molecule has 1 aromatic heterocycles. The van der Waals surface area contributed by atoms with Crippen molar-refractivity contribution in [2.75, 3.05) is 25.0 Å². The Labute approximate surface area is 123 Å². The molecule has 1 aromatic rings. The van der Waals surface area contributed by atoms with Crippen LogP contribution in [0.25, 0.3) is 0 Å². The predicted octanol–water partition coefficient (Wildman–Crippen LogP) is 1.54. The summed E-state index contributed by atoms with van der Waals surface area (Å²) in [6.45, 7) is 4.17. The molecule has 0 saturated carbocycles. The Kier molecular flexibility index (Phi) is 5.70. The molecule has 1 fully saturated rings. The number of amides is 1. The SMILES string of the molecule is Cc1cc(Cl)nc(NC(=O)CCOC2CCNCC2)n1. The van der Waals surface area contributed by atoms with E-state index in [1.54, 1.807) is 13.0 Å². The molecule has 1 saturated heterocycles. The van der Waals surface area contributed by atoms with Crippen molar-refractivity contribution in [3.05, 3.63) is 16.9 Å². The van der Waals surface area contributed by atoms with Crippen LogP contribution in [0.1, 0.15) is 25.0 Å². The Morgan fingerprint density at radius 3 is 2.95 bits per heavy atom. The number of halogens is 1. The van der Waals surface area contributed by atoms with E-state index in [2.05, 4.69) is 20.6 Å². The number of hydrogen-bond acceptors (Lipinski definition) is 5. The number of anilines is 1. The van der Waals surface area contributed by atoms with Crippen molar-refractivity contribution in [2.45, 2.75) is 32.3 Å². The Morgan fingerprint density at radius 2 is 2.25 bits per heavy atom. The average molecular weight is 299 g/mol. The molecule has 1 aliphatic rings. The minimum absolute atomic E-state index is 0.166.